The van der Waals surface area contributed by atoms with E-state index in [0.717, 1.165) is 12.1 Å². The number of rotatable bonds is 17. The third-order valence-corrected chi connectivity index (χ3v) is 9.09. The van der Waals surface area contributed by atoms with Gasteiger partial charge in [0.15, 0.2) is 0 Å². The summed E-state index contributed by atoms with van der Waals surface area (Å²) in [7, 11) is -6.55. The first-order chi connectivity index (χ1) is 20.4. The zero-order valence-electron chi connectivity index (χ0n) is 25.9. The Labute approximate surface area is 260 Å². The van der Waals surface area contributed by atoms with Crippen molar-refractivity contribution in [1.29, 1.82) is 0 Å². The molecular weight excluding hydrogens is 610 g/mol. The molecule has 2 aromatic rings. The van der Waals surface area contributed by atoms with Crippen molar-refractivity contribution in [2.24, 2.45) is 11.1 Å². The molecule has 0 spiro atoms. The highest BCUT2D eigenvalue weighted by atomic mass is 32.2. The molecule has 0 aliphatic carbocycles. The summed E-state index contributed by atoms with van der Waals surface area (Å²) in [6, 6.07) is 8.56. The van der Waals surface area contributed by atoms with Crippen LogP contribution < -0.4 is 15.3 Å². The van der Waals surface area contributed by atoms with Crippen molar-refractivity contribution in [2.45, 2.75) is 64.0 Å². The number of hydrazine groups is 1. The molecule has 2 atom stereocenters. The molecule has 0 fully saturated rings. The lowest BCUT2D eigenvalue weighted by Gasteiger charge is -2.28. The van der Waals surface area contributed by atoms with Crippen LogP contribution in [0.5, 0.6) is 5.75 Å². The maximum Gasteiger partial charge on any atom is 0.253 e. The predicted molar refractivity (Wildman–Crippen MR) is 168 cm³/mol. The standard InChI is InChI=1S/C29H45N5O8S2/c1-6-12-34(13-7-2)29(38)23-15-22(16-25(17-23)44(30,41)42)28(37)31-26(14-21-8-10-24(35)11-9-21)27(36)18-33(5)32-43(39,40)19-20(3)4/h8-11,15-17,20,26-27,32,35-36H,6-7,12-14,18-19H2,1-5H3,(H,31,37)(H2,30,41,42). The lowest BCUT2D eigenvalue weighted by Crippen LogP contribution is -2.52. The van der Waals surface area contributed by atoms with E-state index in [2.05, 4.69) is 10.1 Å². The maximum atomic E-state index is 13.6. The highest BCUT2D eigenvalue weighted by molar-refractivity contribution is 7.89. The van der Waals surface area contributed by atoms with Crippen LogP contribution in [-0.2, 0) is 26.5 Å². The number of nitrogens with two attached hydrogens (primary N) is 1. The predicted octanol–water partition coefficient (Wildman–Crippen LogP) is 1.43. The maximum absolute atomic E-state index is 13.6. The van der Waals surface area contributed by atoms with E-state index in [1.165, 1.54) is 30.3 Å². The van der Waals surface area contributed by atoms with E-state index < -0.39 is 48.9 Å². The van der Waals surface area contributed by atoms with Crippen LogP contribution in [0.2, 0.25) is 0 Å². The molecular formula is C29H45N5O8S2. The molecule has 6 N–H and O–H groups in total. The van der Waals surface area contributed by atoms with E-state index in [4.69, 9.17) is 5.14 Å². The molecule has 0 radical (unpaired) electrons. The molecule has 44 heavy (non-hydrogen) atoms. The highest BCUT2D eigenvalue weighted by Crippen LogP contribution is 2.19. The number of carbonyl (C=O) groups is 2. The number of carbonyl (C=O) groups excluding carboxylic acids is 2. The third-order valence-electron chi connectivity index (χ3n) is 6.50. The molecule has 0 aromatic heterocycles. The number of aliphatic hydroxyl groups is 1. The van der Waals surface area contributed by atoms with Gasteiger partial charge in [0.25, 0.3) is 11.8 Å². The molecule has 2 aromatic carbocycles. The lowest BCUT2D eigenvalue weighted by atomic mass is 10.00. The number of likely N-dealkylation sites (N-methyl/N-ethyl adjacent to an activating group) is 1. The summed E-state index contributed by atoms with van der Waals surface area (Å²) >= 11 is 0. The molecule has 0 aliphatic rings. The average molecular weight is 656 g/mol. The van der Waals surface area contributed by atoms with Gasteiger partial charge >= 0.3 is 0 Å². The zero-order chi connectivity index (χ0) is 33.2. The Morgan fingerprint density at radius 3 is 2.05 bits per heavy atom. The number of aliphatic hydroxyl groups excluding tert-OH is 1. The summed E-state index contributed by atoms with van der Waals surface area (Å²) in [6.45, 7) is 7.97. The zero-order valence-corrected chi connectivity index (χ0v) is 27.5. The first kappa shape index (κ1) is 37.1. The Morgan fingerprint density at radius 1 is 0.955 bits per heavy atom. The largest absolute Gasteiger partial charge is 0.508 e. The van der Waals surface area contributed by atoms with Crippen LogP contribution in [0, 0.1) is 5.92 Å². The lowest BCUT2D eigenvalue weighted by molar-refractivity contribution is 0.0687. The number of primary sulfonamides is 1. The molecule has 246 valence electrons. The Hall–Kier alpha value is -3.08. The minimum atomic E-state index is -4.30. The van der Waals surface area contributed by atoms with Crippen molar-refractivity contribution in [2.75, 3.05) is 32.4 Å². The Kier molecular flexibility index (Phi) is 13.7. The van der Waals surface area contributed by atoms with Crippen molar-refractivity contribution >= 4 is 31.9 Å². The molecule has 0 aliphatic heterocycles. The summed E-state index contributed by atoms with van der Waals surface area (Å²) in [5.41, 5.74) is 0.444. The number of phenolic OH excluding ortho intramolecular Hbond substituents is 1. The second-order valence-electron chi connectivity index (χ2n) is 11.2. The normalized spacial score (nSPS) is 13.6. The van der Waals surface area contributed by atoms with Gasteiger partial charge in [0.2, 0.25) is 20.0 Å². The van der Waals surface area contributed by atoms with Crippen LogP contribution in [0.25, 0.3) is 0 Å². The summed E-state index contributed by atoms with van der Waals surface area (Å²) in [5.74, 6) is -1.48. The van der Waals surface area contributed by atoms with Gasteiger partial charge in [-0.25, -0.2) is 27.0 Å². The van der Waals surface area contributed by atoms with E-state index in [9.17, 15) is 36.6 Å². The van der Waals surface area contributed by atoms with Crippen LogP contribution in [0.4, 0.5) is 0 Å². The summed E-state index contributed by atoms with van der Waals surface area (Å²) in [5, 5.41) is 30.1. The van der Waals surface area contributed by atoms with Gasteiger partial charge in [-0.3, -0.25) is 9.59 Å². The third kappa shape index (κ3) is 11.8. The van der Waals surface area contributed by atoms with E-state index in [1.807, 2.05) is 13.8 Å². The average Bonchev–Trinajstić information content (AvgIpc) is 2.91. The minimum Gasteiger partial charge on any atom is -0.508 e. The van der Waals surface area contributed by atoms with Gasteiger partial charge in [-0.2, -0.15) is 0 Å². The minimum absolute atomic E-state index is 0.0198. The molecule has 0 saturated heterocycles. The van der Waals surface area contributed by atoms with Gasteiger partial charge in [0.1, 0.15) is 5.75 Å². The number of nitrogens with one attached hydrogen (secondary N) is 2. The molecule has 2 unspecified atom stereocenters. The molecule has 15 heteroatoms. The number of aromatic hydroxyl groups is 1. The first-order valence-electron chi connectivity index (χ1n) is 14.4. The Morgan fingerprint density at radius 2 is 1.52 bits per heavy atom. The van der Waals surface area contributed by atoms with Crippen LogP contribution in [-0.4, -0.2) is 93.4 Å². The van der Waals surface area contributed by atoms with Crippen molar-refractivity contribution in [1.82, 2.24) is 20.1 Å². The molecule has 2 rings (SSSR count). The second-order valence-corrected chi connectivity index (χ2v) is 14.6. The molecule has 13 nitrogen and oxygen atoms in total. The summed E-state index contributed by atoms with van der Waals surface area (Å²) < 4.78 is 49.4. The van der Waals surface area contributed by atoms with Gasteiger partial charge in [0.05, 0.1) is 22.8 Å². The van der Waals surface area contributed by atoms with Crippen molar-refractivity contribution in [3.8, 4) is 5.75 Å². The van der Waals surface area contributed by atoms with Gasteiger partial charge in [0, 0.05) is 37.8 Å². The Balaban J connectivity index is 2.44. The quantitative estimate of drug-likeness (QED) is 0.156. The number of benzene rings is 2. The Bertz CT molecular complexity index is 1480. The fourth-order valence-corrected chi connectivity index (χ4v) is 6.72. The van der Waals surface area contributed by atoms with E-state index >= 15 is 0 Å². The highest BCUT2D eigenvalue weighted by Gasteiger charge is 2.27. The van der Waals surface area contributed by atoms with Crippen molar-refractivity contribution in [3.05, 3.63) is 59.2 Å². The van der Waals surface area contributed by atoms with Crippen LogP contribution in [0.15, 0.2) is 47.4 Å². The molecule has 0 heterocycles. The first-order valence-corrected chi connectivity index (χ1v) is 17.6. The van der Waals surface area contributed by atoms with Crippen LogP contribution >= 0.6 is 0 Å². The number of hydrogen-bond donors (Lipinski definition) is 5. The van der Waals surface area contributed by atoms with E-state index in [-0.39, 0.29) is 41.5 Å². The van der Waals surface area contributed by atoms with Crippen LogP contribution in [0.1, 0.15) is 66.8 Å². The molecule has 2 amide bonds. The number of phenols is 1. The monoisotopic (exact) mass is 655 g/mol. The summed E-state index contributed by atoms with van der Waals surface area (Å²) in [4.78, 5) is 30.4. The molecule has 0 saturated carbocycles. The van der Waals surface area contributed by atoms with Crippen molar-refractivity contribution < 1.29 is 36.6 Å². The number of sulfonamides is 2. The van der Waals surface area contributed by atoms with E-state index in [0.29, 0.717) is 31.5 Å². The fraction of sp³-hybridized carbons (Fsp3) is 0.517. The van der Waals surface area contributed by atoms with Gasteiger partial charge in [-0.05, 0) is 61.1 Å². The SMILES string of the molecule is CCCN(CCC)C(=O)c1cc(C(=O)NC(Cc2ccc(O)cc2)C(O)CN(C)NS(=O)(=O)CC(C)C)cc(S(N)(=O)=O)c1. The second kappa shape index (κ2) is 16.3. The topological polar surface area (TPSA) is 199 Å². The number of nitrogens with zero attached hydrogens (tertiary/aromatic N) is 2. The fourth-order valence-electron chi connectivity index (χ4n) is 4.63. The van der Waals surface area contributed by atoms with Gasteiger partial charge in [-0.15, -0.1) is 4.83 Å². The molecule has 0 bridgehead atoms. The van der Waals surface area contributed by atoms with Crippen molar-refractivity contribution in [3.63, 3.8) is 0 Å². The van der Waals surface area contributed by atoms with E-state index in [1.54, 1.807) is 30.9 Å². The van der Waals surface area contributed by atoms with Gasteiger partial charge < -0.3 is 20.4 Å². The summed E-state index contributed by atoms with van der Waals surface area (Å²) in [6.07, 6.45) is 0.104. The number of hydrogen-bond acceptors (Lipinski definition) is 9. The van der Waals surface area contributed by atoms with Gasteiger partial charge in [-0.1, -0.05) is 39.8 Å². The smallest absolute Gasteiger partial charge is 0.253 e. The van der Waals surface area contributed by atoms with Crippen LogP contribution in [0.3, 0.4) is 0 Å². The number of amides is 2.